The molecule has 5 fully saturated rings. The summed E-state index contributed by atoms with van der Waals surface area (Å²) in [6.45, 7) is -0.894. The number of carbonyl (C=O) groups is 2. The van der Waals surface area contributed by atoms with Gasteiger partial charge in [0.25, 0.3) is 0 Å². The van der Waals surface area contributed by atoms with Crippen molar-refractivity contribution in [2.75, 3.05) is 39.6 Å². The first-order valence-electron chi connectivity index (χ1n) is 38.0. The largest absolute Gasteiger partial charge is 0.472 e. The Bertz CT molecular complexity index is 2370. The number of phosphoric acid groups is 1. The lowest BCUT2D eigenvalue weighted by Crippen LogP contribution is -2.69. The van der Waals surface area contributed by atoms with E-state index in [-0.39, 0.29) is 12.8 Å². The Morgan fingerprint density at radius 1 is 0.375 bits per heavy atom. The Morgan fingerprint density at radius 2 is 0.692 bits per heavy atom. The predicted molar refractivity (Wildman–Crippen MR) is 366 cm³/mol. The van der Waals surface area contributed by atoms with Crippen LogP contribution in [0.5, 0.6) is 0 Å². The topological polar surface area (TPSA) is 526 Å². The maximum absolute atomic E-state index is 14.4. The molecule has 0 amide bonds. The molecule has 28 atom stereocenters. The average molecular weight is 1530 g/mol. The molecule has 18 N–H and O–H groups in total. The molecule has 0 aromatic heterocycles. The molecular formula is C70H127O33P. The lowest BCUT2D eigenvalue weighted by atomic mass is 9.84. The van der Waals surface area contributed by atoms with Crippen molar-refractivity contribution in [2.45, 2.75) is 378 Å². The monoisotopic (exact) mass is 1530 g/mol. The Kier molecular flexibility index (Phi) is 44.4. The molecule has 610 valence electrons. The van der Waals surface area contributed by atoms with E-state index in [0.717, 1.165) is 70.6 Å². The van der Waals surface area contributed by atoms with Crippen LogP contribution in [0.4, 0.5) is 0 Å². The minimum Gasteiger partial charge on any atom is -0.462 e. The second-order valence-corrected chi connectivity index (χ2v) is 29.7. The number of phosphoric ester groups is 1. The minimum atomic E-state index is -5.82. The maximum atomic E-state index is 14.4. The van der Waals surface area contributed by atoms with Crippen LogP contribution in [0.2, 0.25) is 0 Å². The van der Waals surface area contributed by atoms with Crippen LogP contribution in [0.25, 0.3) is 0 Å². The van der Waals surface area contributed by atoms with Gasteiger partial charge in [-0.05, 0) is 38.5 Å². The number of carbonyl (C=O) groups excluding carboxylic acids is 2. The average Bonchev–Trinajstić information content (AvgIpc) is 0.759. The SMILES string of the molecule is CCCCCCCC/C=C\CCCCCCCC(=O)O[C@H](COC(=O)CCCCCCCCCCCCCCCCCC)COP(=O)(O)O[C@@H]1C(O[C@@H]2OC(CO[C@@H]3OC(CO[C@@H]4OC(CO)[C@H](O)C(O)[C@@H]4O)[C@H](O)C(O)[C@@H]3O)[C@H](O)C(O)[C@@H]2O)C(O)[C@@H](O)C(O)[C@H]1O[C@H]1OC(CO)[C@@H](O)C(O)[C@H]1O. The van der Waals surface area contributed by atoms with Crippen molar-refractivity contribution in [2.24, 2.45) is 0 Å². The maximum Gasteiger partial charge on any atom is 0.472 e. The van der Waals surface area contributed by atoms with Gasteiger partial charge in [-0.1, -0.05) is 174 Å². The van der Waals surface area contributed by atoms with Crippen LogP contribution in [0.15, 0.2) is 12.2 Å². The molecule has 1 aliphatic carbocycles. The zero-order valence-corrected chi connectivity index (χ0v) is 61.4. The highest BCUT2D eigenvalue weighted by Gasteiger charge is 2.59. The predicted octanol–water partition coefficient (Wildman–Crippen LogP) is 0.748. The summed E-state index contributed by atoms with van der Waals surface area (Å²) in [5.41, 5.74) is 0. The van der Waals surface area contributed by atoms with Gasteiger partial charge in [-0.3, -0.25) is 18.6 Å². The molecule has 0 spiro atoms. The van der Waals surface area contributed by atoms with Gasteiger partial charge in [-0.25, -0.2) is 4.57 Å². The van der Waals surface area contributed by atoms with Crippen molar-refractivity contribution in [1.82, 2.24) is 0 Å². The third kappa shape index (κ3) is 30.5. The van der Waals surface area contributed by atoms with Gasteiger partial charge in [-0.15, -0.1) is 0 Å². The lowest BCUT2D eigenvalue weighted by molar-refractivity contribution is -0.365. The second kappa shape index (κ2) is 49.9. The fourth-order valence-corrected chi connectivity index (χ4v) is 14.1. The van der Waals surface area contributed by atoms with E-state index in [9.17, 15) is 106 Å². The number of unbranched alkanes of at least 4 members (excludes halogenated alkanes) is 26. The molecule has 0 bridgehead atoms. The van der Waals surface area contributed by atoms with Crippen molar-refractivity contribution < 1.29 is 162 Å². The molecule has 0 radical (unpaired) electrons. The zero-order chi connectivity index (χ0) is 76.3. The normalized spacial score (nSPS) is 35.8. The highest BCUT2D eigenvalue weighted by atomic mass is 31.2. The molecule has 5 aliphatic rings. The van der Waals surface area contributed by atoms with Crippen LogP contribution < -0.4 is 0 Å². The molecule has 4 aliphatic heterocycles. The van der Waals surface area contributed by atoms with Gasteiger partial charge >= 0.3 is 19.8 Å². The number of ether oxygens (including phenoxy) is 10. The Morgan fingerprint density at radius 3 is 1.09 bits per heavy atom. The second-order valence-electron chi connectivity index (χ2n) is 28.3. The number of hydrogen-bond acceptors (Lipinski definition) is 32. The van der Waals surface area contributed by atoms with Gasteiger partial charge in [0, 0.05) is 12.8 Å². The van der Waals surface area contributed by atoms with Gasteiger partial charge in [0.05, 0.1) is 33.0 Å². The van der Waals surface area contributed by atoms with E-state index >= 15 is 0 Å². The lowest BCUT2D eigenvalue weighted by Gasteiger charge is -2.49. The van der Waals surface area contributed by atoms with Crippen LogP contribution in [-0.2, 0) is 70.6 Å². The van der Waals surface area contributed by atoms with Crippen LogP contribution in [-0.4, -0.2) is 309 Å². The Balaban J connectivity index is 1.28. The fourth-order valence-electron chi connectivity index (χ4n) is 13.2. The zero-order valence-electron chi connectivity index (χ0n) is 60.5. The molecule has 4 heterocycles. The van der Waals surface area contributed by atoms with E-state index in [1.807, 2.05) is 0 Å². The first kappa shape index (κ1) is 92.4. The van der Waals surface area contributed by atoms with E-state index in [1.165, 1.54) is 96.3 Å². The summed E-state index contributed by atoms with van der Waals surface area (Å²) < 4.78 is 81.5. The Hall–Kier alpha value is -2.21. The fraction of sp³-hybridized carbons (Fsp3) is 0.943. The van der Waals surface area contributed by atoms with Crippen LogP contribution in [0.1, 0.15) is 213 Å². The summed E-state index contributed by atoms with van der Waals surface area (Å²) >= 11 is 0. The molecule has 104 heavy (non-hydrogen) atoms. The smallest absolute Gasteiger partial charge is 0.462 e. The number of aliphatic hydroxyl groups is 17. The first-order valence-corrected chi connectivity index (χ1v) is 39.5. The van der Waals surface area contributed by atoms with Crippen molar-refractivity contribution in [3.63, 3.8) is 0 Å². The van der Waals surface area contributed by atoms with E-state index in [2.05, 4.69) is 26.0 Å². The van der Waals surface area contributed by atoms with E-state index in [1.54, 1.807) is 0 Å². The molecular weight excluding hydrogens is 1400 g/mol. The minimum absolute atomic E-state index is 0.00198. The van der Waals surface area contributed by atoms with Gasteiger partial charge in [0.15, 0.2) is 31.3 Å². The summed E-state index contributed by atoms with van der Waals surface area (Å²) in [4.78, 5) is 38.2. The molecule has 12 unspecified atom stereocenters. The summed E-state index contributed by atoms with van der Waals surface area (Å²) in [5, 5.41) is 184. The van der Waals surface area contributed by atoms with Crippen LogP contribution in [0.3, 0.4) is 0 Å². The third-order valence-electron chi connectivity index (χ3n) is 19.8. The summed E-state index contributed by atoms with van der Waals surface area (Å²) in [5.74, 6) is -1.45. The van der Waals surface area contributed by atoms with E-state index < -0.39 is 225 Å². The molecule has 1 saturated carbocycles. The van der Waals surface area contributed by atoms with Gasteiger partial charge in [-0.2, -0.15) is 0 Å². The van der Waals surface area contributed by atoms with Crippen molar-refractivity contribution in [1.29, 1.82) is 0 Å². The highest BCUT2D eigenvalue weighted by Crippen LogP contribution is 2.49. The van der Waals surface area contributed by atoms with Crippen LogP contribution >= 0.6 is 7.82 Å². The molecule has 5 rings (SSSR count). The van der Waals surface area contributed by atoms with Gasteiger partial charge < -0.3 is 139 Å². The third-order valence-corrected chi connectivity index (χ3v) is 20.8. The quantitative estimate of drug-likeness (QED) is 0.0173. The number of hydrogen-bond donors (Lipinski definition) is 18. The van der Waals surface area contributed by atoms with Gasteiger partial charge in [0.2, 0.25) is 0 Å². The number of aliphatic hydroxyl groups excluding tert-OH is 17. The van der Waals surface area contributed by atoms with E-state index in [4.69, 9.17) is 56.4 Å². The molecule has 0 aromatic carbocycles. The van der Waals surface area contributed by atoms with Crippen molar-refractivity contribution in [3.8, 4) is 0 Å². The number of allylic oxidation sites excluding steroid dienone is 2. The van der Waals surface area contributed by atoms with Gasteiger partial charge in [0.1, 0.15) is 141 Å². The summed E-state index contributed by atoms with van der Waals surface area (Å²) in [7, 11) is -5.82. The molecule has 0 aromatic rings. The van der Waals surface area contributed by atoms with E-state index in [0.29, 0.717) is 19.3 Å². The standard InChI is InChI=1S/C70H127O33P/c1-3-5-7-9-11-13-15-17-19-21-22-24-26-28-30-32-34-47(73)92-38-42(96-48(74)35-33-31-29-27-25-23-20-18-16-14-12-10-8-6-4-2)39-95-104(90,91)103-66-64(101-69-62(88)54(80)50(76)44(37-72)98-69)58(84)57(83)59(85)65(66)102-70-63(89)56(82)52(78)46(100-70)41-94-68-61(87)55(81)51(77)45(99-68)40-93-67-60(86)53(79)49(75)43(36-71)97-67/h18,20,42-46,49-72,75-89H,3-17,19,21-41H2,1-2H3,(H,90,91)/b20-18-/t42-,43?,44?,45?,46?,49+,50-,51+,52+,53?,54?,55?,56?,57+,58?,59?,60+,61+,62-,63+,64-,65?,66+,67-,68-,69-,70+/m1/s1. The molecule has 33 nitrogen and oxygen atoms in total. The summed E-state index contributed by atoms with van der Waals surface area (Å²) in [6.07, 6.45) is -20.6. The molecule has 34 heteroatoms. The van der Waals surface area contributed by atoms with Crippen LogP contribution in [0, 0.1) is 0 Å². The Labute approximate surface area is 610 Å². The number of esters is 2. The number of rotatable bonds is 52. The van der Waals surface area contributed by atoms with Crippen molar-refractivity contribution >= 4 is 19.8 Å². The highest BCUT2D eigenvalue weighted by molar-refractivity contribution is 7.47. The first-order chi connectivity index (χ1) is 49.8. The van der Waals surface area contributed by atoms with Crippen molar-refractivity contribution in [3.05, 3.63) is 12.2 Å². The molecule has 4 saturated heterocycles. The summed E-state index contributed by atoms with van der Waals surface area (Å²) in [6, 6.07) is 0.